The summed E-state index contributed by atoms with van der Waals surface area (Å²) in [4.78, 5) is 24.0. The monoisotopic (exact) mass is 252 g/mol. The zero-order chi connectivity index (χ0) is 13.6. The van der Waals surface area contributed by atoms with Gasteiger partial charge in [-0.25, -0.2) is 0 Å². The maximum atomic E-state index is 12.4. The van der Waals surface area contributed by atoms with E-state index in [1.165, 1.54) is 0 Å². The highest BCUT2D eigenvalue weighted by molar-refractivity contribution is 6.07. The van der Waals surface area contributed by atoms with Gasteiger partial charge in [0.15, 0.2) is 5.43 Å². The molecule has 1 aromatic heterocycles. The van der Waals surface area contributed by atoms with Crippen molar-refractivity contribution in [2.45, 2.75) is 0 Å². The Hall–Kier alpha value is -2.62. The predicted octanol–water partition coefficient (Wildman–Crippen LogP) is 1.79. The molecule has 0 saturated heterocycles. The summed E-state index contributed by atoms with van der Waals surface area (Å²) in [5, 5.41) is 1.15. The fourth-order valence-electron chi connectivity index (χ4n) is 2.51. The molecule has 1 amide bonds. The van der Waals surface area contributed by atoms with E-state index < -0.39 is 5.91 Å². The highest BCUT2D eigenvalue weighted by atomic mass is 16.1. The topological polar surface area (TPSA) is 65.1 Å². The zero-order valence-electron chi connectivity index (χ0n) is 10.4. The molecular formula is C15H12N2O2. The van der Waals surface area contributed by atoms with E-state index >= 15 is 0 Å². The van der Waals surface area contributed by atoms with E-state index in [4.69, 9.17) is 5.73 Å². The standard InChI is InChI=1S/C15H12N2O2/c1-17-12-8-3-2-5-9(12)14(18)10-6-4-7-11(13(10)17)15(16)19/h2-8H,1H3,(H2,16,19). The first-order chi connectivity index (χ1) is 9.11. The van der Waals surface area contributed by atoms with Crippen LogP contribution in [0.1, 0.15) is 10.4 Å². The van der Waals surface area contributed by atoms with Gasteiger partial charge >= 0.3 is 0 Å². The molecule has 0 fully saturated rings. The van der Waals surface area contributed by atoms with Crippen molar-refractivity contribution in [2.75, 3.05) is 0 Å². The minimum absolute atomic E-state index is 0.0770. The number of amides is 1. The summed E-state index contributed by atoms with van der Waals surface area (Å²) in [5.41, 5.74) is 7.04. The Morgan fingerprint density at radius 3 is 2.47 bits per heavy atom. The second kappa shape index (κ2) is 3.95. The third-order valence-corrected chi connectivity index (χ3v) is 3.39. The molecule has 2 aromatic carbocycles. The molecule has 0 radical (unpaired) electrons. The third kappa shape index (κ3) is 1.53. The van der Waals surface area contributed by atoms with Gasteiger partial charge in [-0.2, -0.15) is 0 Å². The molecule has 0 bridgehead atoms. The molecule has 4 heteroatoms. The van der Waals surface area contributed by atoms with Gasteiger partial charge in [-0.05, 0) is 24.3 Å². The van der Waals surface area contributed by atoms with Crippen molar-refractivity contribution >= 4 is 27.7 Å². The van der Waals surface area contributed by atoms with Crippen LogP contribution in [0.2, 0.25) is 0 Å². The molecule has 0 aliphatic carbocycles. The first-order valence-corrected chi connectivity index (χ1v) is 5.91. The van der Waals surface area contributed by atoms with E-state index in [-0.39, 0.29) is 5.43 Å². The SMILES string of the molecule is Cn1c2ccccc2c(=O)c2cccc(C(N)=O)c21. The van der Waals surface area contributed by atoms with Gasteiger partial charge < -0.3 is 10.3 Å². The lowest BCUT2D eigenvalue weighted by Gasteiger charge is -2.12. The van der Waals surface area contributed by atoms with Crippen molar-refractivity contribution in [3.05, 3.63) is 58.3 Å². The van der Waals surface area contributed by atoms with Crippen LogP contribution >= 0.6 is 0 Å². The minimum Gasteiger partial charge on any atom is -0.366 e. The molecule has 19 heavy (non-hydrogen) atoms. The molecule has 0 atom stereocenters. The van der Waals surface area contributed by atoms with Gasteiger partial charge in [-0.3, -0.25) is 9.59 Å². The number of primary amides is 1. The Kier molecular flexibility index (Phi) is 2.38. The molecule has 0 saturated carbocycles. The summed E-state index contributed by atoms with van der Waals surface area (Å²) in [5.74, 6) is -0.532. The molecule has 0 spiro atoms. The largest absolute Gasteiger partial charge is 0.366 e. The number of carbonyl (C=O) groups is 1. The Morgan fingerprint density at radius 2 is 1.74 bits per heavy atom. The van der Waals surface area contributed by atoms with E-state index in [2.05, 4.69) is 0 Å². The number of aryl methyl sites for hydroxylation is 1. The first-order valence-electron chi connectivity index (χ1n) is 5.91. The lowest BCUT2D eigenvalue weighted by Crippen LogP contribution is -2.16. The molecule has 3 rings (SSSR count). The number of aromatic nitrogens is 1. The molecule has 0 unspecified atom stereocenters. The van der Waals surface area contributed by atoms with E-state index in [0.29, 0.717) is 21.9 Å². The van der Waals surface area contributed by atoms with E-state index in [0.717, 1.165) is 5.52 Å². The Balaban J connectivity index is 2.68. The predicted molar refractivity (Wildman–Crippen MR) is 75.2 cm³/mol. The van der Waals surface area contributed by atoms with Crippen molar-refractivity contribution in [1.29, 1.82) is 0 Å². The number of fused-ring (bicyclic) bond motifs is 2. The number of pyridine rings is 1. The quantitative estimate of drug-likeness (QED) is 0.671. The number of hydrogen-bond acceptors (Lipinski definition) is 2. The van der Waals surface area contributed by atoms with Gasteiger partial charge in [-0.1, -0.05) is 18.2 Å². The van der Waals surface area contributed by atoms with Crippen molar-refractivity contribution in [1.82, 2.24) is 4.57 Å². The molecule has 3 aromatic rings. The summed E-state index contributed by atoms with van der Waals surface area (Å²) in [6, 6.07) is 12.4. The van der Waals surface area contributed by atoms with Crippen molar-refractivity contribution < 1.29 is 4.79 Å². The van der Waals surface area contributed by atoms with Gasteiger partial charge in [-0.15, -0.1) is 0 Å². The van der Waals surface area contributed by atoms with Crippen LogP contribution in [0.3, 0.4) is 0 Å². The first kappa shape index (κ1) is 11.5. The van der Waals surface area contributed by atoms with Gasteiger partial charge in [0.05, 0.1) is 16.6 Å². The zero-order valence-corrected chi connectivity index (χ0v) is 10.4. The van der Waals surface area contributed by atoms with Gasteiger partial charge in [0.2, 0.25) is 0 Å². The van der Waals surface area contributed by atoms with Crippen LogP contribution in [-0.4, -0.2) is 10.5 Å². The van der Waals surface area contributed by atoms with Crippen molar-refractivity contribution in [2.24, 2.45) is 12.8 Å². The number of nitrogens with zero attached hydrogens (tertiary/aromatic N) is 1. The number of rotatable bonds is 1. The number of para-hydroxylation sites is 2. The van der Waals surface area contributed by atoms with Crippen molar-refractivity contribution in [3.63, 3.8) is 0 Å². The van der Waals surface area contributed by atoms with E-state index in [1.807, 2.05) is 29.8 Å². The molecular weight excluding hydrogens is 240 g/mol. The summed E-state index contributed by atoms with van der Waals surface area (Å²) < 4.78 is 1.84. The smallest absolute Gasteiger partial charge is 0.250 e. The fourth-order valence-corrected chi connectivity index (χ4v) is 2.51. The minimum atomic E-state index is -0.532. The van der Waals surface area contributed by atoms with Crippen LogP contribution < -0.4 is 11.2 Å². The number of hydrogen-bond donors (Lipinski definition) is 1. The second-order valence-electron chi connectivity index (χ2n) is 4.47. The van der Waals surface area contributed by atoms with Crippen LogP contribution in [0.5, 0.6) is 0 Å². The average Bonchev–Trinajstić information content (AvgIpc) is 2.44. The van der Waals surface area contributed by atoms with E-state index in [1.54, 1.807) is 24.3 Å². The van der Waals surface area contributed by atoms with Crippen LogP contribution in [-0.2, 0) is 7.05 Å². The fraction of sp³-hybridized carbons (Fsp3) is 0.0667. The highest BCUT2D eigenvalue weighted by Crippen LogP contribution is 2.20. The van der Waals surface area contributed by atoms with Crippen LogP contribution in [0.4, 0.5) is 0 Å². The molecule has 0 aliphatic heterocycles. The molecule has 4 nitrogen and oxygen atoms in total. The Labute approximate surface area is 109 Å². The van der Waals surface area contributed by atoms with Gasteiger partial charge in [0, 0.05) is 17.8 Å². The lowest BCUT2D eigenvalue weighted by atomic mass is 10.1. The third-order valence-electron chi connectivity index (χ3n) is 3.39. The Morgan fingerprint density at radius 1 is 1.05 bits per heavy atom. The van der Waals surface area contributed by atoms with E-state index in [9.17, 15) is 9.59 Å². The average molecular weight is 252 g/mol. The number of nitrogens with two attached hydrogens (primary N) is 1. The Bertz CT molecular complexity index is 878. The number of benzene rings is 2. The molecule has 0 aliphatic rings. The summed E-state index contributed by atoms with van der Waals surface area (Å²) in [7, 11) is 1.83. The highest BCUT2D eigenvalue weighted by Gasteiger charge is 2.13. The molecule has 2 N–H and O–H groups in total. The summed E-state index contributed by atoms with van der Waals surface area (Å²) in [6.45, 7) is 0. The summed E-state index contributed by atoms with van der Waals surface area (Å²) >= 11 is 0. The van der Waals surface area contributed by atoms with Crippen molar-refractivity contribution in [3.8, 4) is 0 Å². The second-order valence-corrected chi connectivity index (χ2v) is 4.47. The maximum Gasteiger partial charge on any atom is 0.250 e. The van der Waals surface area contributed by atoms with Crippen LogP contribution in [0.15, 0.2) is 47.3 Å². The maximum absolute atomic E-state index is 12.4. The van der Waals surface area contributed by atoms with Gasteiger partial charge in [0.1, 0.15) is 0 Å². The lowest BCUT2D eigenvalue weighted by molar-refractivity contribution is 0.100. The summed E-state index contributed by atoms with van der Waals surface area (Å²) in [6.07, 6.45) is 0. The van der Waals surface area contributed by atoms with Gasteiger partial charge in [0.25, 0.3) is 5.91 Å². The number of carbonyl (C=O) groups excluding carboxylic acids is 1. The van der Waals surface area contributed by atoms with Crippen LogP contribution in [0.25, 0.3) is 21.8 Å². The van der Waals surface area contributed by atoms with Crippen LogP contribution in [0, 0.1) is 0 Å². The molecule has 94 valence electrons. The normalized spacial score (nSPS) is 11.0. The molecule has 1 heterocycles.